The predicted octanol–water partition coefficient (Wildman–Crippen LogP) is 2.84. The molecule has 1 aliphatic rings. The van der Waals surface area contributed by atoms with Crippen LogP contribution in [-0.4, -0.2) is 18.5 Å². The molecule has 1 fully saturated rings. The molecule has 1 amide bonds. The Morgan fingerprint density at radius 3 is 2.17 bits per heavy atom. The van der Waals surface area contributed by atoms with E-state index in [0.717, 1.165) is 25.7 Å². The van der Waals surface area contributed by atoms with Crippen LogP contribution in [0.1, 0.15) is 66.2 Å². The van der Waals surface area contributed by atoms with Gasteiger partial charge in [0.2, 0.25) is 5.91 Å². The van der Waals surface area contributed by atoms with Gasteiger partial charge in [0.15, 0.2) is 0 Å². The SMILES string of the molecule is CCC(CC)(CN)C(=O)NC1CCC(C)(C)CC1. The highest BCUT2D eigenvalue weighted by Gasteiger charge is 2.35. The van der Waals surface area contributed by atoms with Crippen LogP contribution in [-0.2, 0) is 4.79 Å². The second kappa shape index (κ2) is 6.05. The summed E-state index contributed by atoms with van der Waals surface area (Å²) in [7, 11) is 0. The van der Waals surface area contributed by atoms with Crippen molar-refractivity contribution in [3.8, 4) is 0 Å². The Labute approximate surface area is 112 Å². The third kappa shape index (κ3) is 3.47. The standard InChI is InChI=1S/C15H30N2O/c1-5-15(6-2,11-16)13(18)17-12-7-9-14(3,4)10-8-12/h12H,5-11,16H2,1-4H3,(H,17,18). The molecule has 0 aliphatic heterocycles. The largest absolute Gasteiger partial charge is 0.353 e. The molecule has 0 heterocycles. The Morgan fingerprint density at radius 2 is 1.78 bits per heavy atom. The highest BCUT2D eigenvalue weighted by molar-refractivity contribution is 5.83. The Balaban J connectivity index is 2.55. The van der Waals surface area contributed by atoms with Crippen LogP contribution >= 0.6 is 0 Å². The summed E-state index contributed by atoms with van der Waals surface area (Å²) in [5.74, 6) is 0.166. The van der Waals surface area contributed by atoms with Crippen molar-refractivity contribution in [3.05, 3.63) is 0 Å². The molecule has 1 saturated carbocycles. The van der Waals surface area contributed by atoms with Crippen molar-refractivity contribution in [3.63, 3.8) is 0 Å². The summed E-state index contributed by atoms with van der Waals surface area (Å²) < 4.78 is 0. The highest BCUT2D eigenvalue weighted by atomic mass is 16.2. The number of amides is 1. The van der Waals surface area contributed by atoms with Crippen LogP contribution < -0.4 is 11.1 Å². The fourth-order valence-corrected chi connectivity index (χ4v) is 2.83. The first kappa shape index (κ1) is 15.5. The zero-order valence-electron chi connectivity index (χ0n) is 12.5. The maximum Gasteiger partial charge on any atom is 0.227 e. The molecule has 1 rings (SSSR count). The minimum atomic E-state index is -0.354. The molecule has 0 saturated heterocycles. The molecule has 0 bridgehead atoms. The summed E-state index contributed by atoms with van der Waals surface area (Å²) in [6.45, 7) is 9.19. The Kier molecular flexibility index (Phi) is 5.20. The second-order valence-electron chi connectivity index (χ2n) is 6.60. The molecular weight excluding hydrogens is 224 g/mol. The molecule has 18 heavy (non-hydrogen) atoms. The third-order valence-electron chi connectivity index (χ3n) is 4.90. The number of hydrogen-bond donors (Lipinski definition) is 2. The Hall–Kier alpha value is -0.570. The Bertz CT molecular complexity index is 264. The first-order valence-corrected chi connectivity index (χ1v) is 7.40. The number of hydrogen-bond acceptors (Lipinski definition) is 2. The lowest BCUT2D eigenvalue weighted by atomic mass is 9.75. The summed E-state index contributed by atoms with van der Waals surface area (Å²) in [6, 6.07) is 0.356. The van der Waals surface area contributed by atoms with E-state index in [-0.39, 0.29) is 11.3 Å². The Morgan fingerprint density at radius 1 is 1.28 bits per heavy atom. The van der Waals surface area contributed by atoms with Crippen molar-refractivity contribution < 1.29 is 4.79 Å². The molecule has 106 valence electrons. The molecule has 0 aromatic rings. The molecule has 0 radical (unpaired) electrons. The van der Waals surface area contributed by atoms with Crippen LogP contribution in [0.15, 0.2) is 0 Å². The van der Waals surface area contributed by atoms with Crippen LogP contribution in [0.4, 0.5) is 0 Å². The van der Waals surface area contributed by atoms with Crippen LogP contribution in [0.25, 0.3) is 0 Å². The quantitative estimate of drug-likeness (QED) is 0.792. The van der Waals surface area contributed by atoms with Gasteiger partial charge in [0.25, 0.3) is 0 Å². The molecular formula is C15H30N2O. The molecule has 1 aliphatic carbocycles. The van der Waals surface area contributed by atoms with E-state index in [4.69, 9.17) is 5.73 Å². The van der Waals surface area contributed by atoms with E-state index in [9.17, 15) is 4.79 Å². The first-order chi connectivity index (χ1) is 8.39. The fraction of sp³-hybridized carbons (Fsp3) is 0.933. The van der Waals surface area contributed by atoms with Gasteiger partial charge in [-0.15, -0.1) is 0 Å². The van der Waals surface area contributed by atoms with E-state index in [0.29, 0.717) is 18.0 Å². The van der Waals surface area contributed by atoms with Gasteiger partial charge in [-0.1, -0.05) is 27.7 Å². The van der Waals surface area contributed by atoms with E-state index in [1.54, 1.807) is 0 Å². The average molecular weight is 254 g/mol. The first-order valence-electron chi connectivity index (χ1n) is 7.40. The summed E-state index contributed by atoms with van der Waals surface area (Å²) >= 11 is 0. The van der Waals surface area contributed by atoms with E-state index in [1.807, 2.05) is 0 Å². The van der Waals surface area contributed by atoms with Crippen molar-refractivity contribution in [1.29, 1.82) is 0 Å². The summed E-state index contributed by atoms with van der Waals surface area (Å²) in [4.78, 5) is 12.4. The number of nitrogens with two attached hydrogens (primary N) is 1. The maximum absolute atomic E-state index is 12.4. The summed E-state index contributed by atoms with van der Waals surface area (Å²) in [5, 5.41) is 3.23. The van der Waals surface area contributed by atoms with Crippen molar-refractivity contribution in [1.82, 2.24) is 5.32 Å². The van der Waals surface area contributed by atoms with Crippen LogP contribution in [0, 0.1) is 10.8 Å². The minimum Gasteiger partial charge on any atom is -0.353 e. The van der Waals surface area contributed by atoms with Crippen LogP contribution in [0.5, 0.6) is 0 Å². The van der Waals surface area contributed by atoms with Crippen LogP contribution in [0.2, 0.25) is 0 Å². The van der Waals surface area contributed by atoms with Gasteiger partial charge >= 0.3 is 0 Å². The number of rotatable bonds is 5. The van der Waals surface area contributed by atoms with E-state index < -0.39 is 0 Å². The van der Waals surface area contributed by atoms with Crippen molar-refractivity contribution in [2.75, 3.05) is 6.54 Å². The smallest absolute Gasteiger partial charge is 0.227 e. The molecule has 0 aromatic carbocycles. The summed E-state index contributed by atoms with van der Waals surface area (Å²) in [5.41, 5.74) is 5.91. The normalized spacial score (nSPS) is 20.7. The van der Waals surface area contributed by atoms with Gasteiger partial charge < -0.3 is 11.1 Å². The van der Waals surface area contributed by atoms with Gasteiger partial charge in [-0.3, -0.25) is 4.79 Å². The maximum atomic E-state index is 12.4. The van der Waals surface area contributed by atoms with E-state index in [1.165, 1.54) is 12.8 Å². The fourth-order valence-electron chi connectivity index (χ4n) is 2.83. The van der Waals surface area contributed by atoms with Gasteiger partial charge in [0.05, 0.1) is 5.41 Å². The lowest BCUT2D eigenvalue weighted by Gasteiger charge is -2.37. The second-order valence-corrected chi connectivity index (χ2v) is 6.60. The van der Waals surface area contributed by atoms with Gasteiger partial charge in [-0.05, 0) is 43.9 Å². The van der Waals surface area contributed by atoms with Gasteiger partial charge in [0.1, 0.15) is 0 Å². The number of carbonyl (C=O) groups is 1. The van der Waals surface area contributed by atoms with Crippen LogP contribution in [0.3, 0.4) is 0 Å². The topological polar surface area (TPSA) is 55.1 Å². The lowest BCUT2D eigenvalue weighted by molar-refractivity contribution is -0.132. The zero-order chi connectivity index (χ0) is 13.8. The molecule has 3 nitrogen and oxygen atoms in total. The van der Waals surface area contributed by atoms with E-state index in [2.05, 4.69) is 33.0 Å². The van der Waals surface area contributed by atoms with Crippen molar-refractivity contribution in [2.45, 2.75) is 72.3 Å². The molecule has 3 N–H and O–H groups in total. The van der Waals surface area contributed by atoms with Gasteiger partial charge in [0, 0.05) is 12.6 Å². The highest BCUT2D eigenvalue weighted by Crippen LogP contribution is 2.35. The monoisotopic (exact) mass is 254 g/mol. The summed E-state index contributed by atoms with van der Waals surface area (Å²) in [6.07, 6.45) is 6.26. The molecule has 0 unspecified atom stereocenters. The predicted molar refractivity (Wildman–Crippen MR) is 76.2 cm³/mol. The van der Waals surface area contributed by atoms with E-state index >= 15 is 0 Å². The minimum absolute atomic E-state index is 0.166. The van der Waals surface area contributed by atoms with Gasteiger partial charge in [-0.2, -0.15) is 0 Å². The molecule has 0 spiro atoms. The van der Waals surface area contributed by atoms with Crippen molar-refractivity contribution in [2.24, 2.45) is 16.6 Å². The number of nitrogens with one attached hydrogen (secondary N) is 1. The third-order valence-corrected chi connectivity index (χ3v) is 4.90. The molecule has 3 heteroatoms. The lowest BCUT2D eigenvalue weighted by Crippen LogP contribution is -2.49. The van der Waals surface area contributed by atoms with Crippen molar-refractivity contribution >= 4 is 5.91 Å². The van der Waals surface area contributed by atoms with Gasteiger partial charge in [-0.25, -0.2) is 0 Å². The zero-order valence-corrected chi connectivity index (χ0v) is 12.5. The number of carbonyl (C=O) groups excluding carboxylic acids is 1. The average Bonchev–Trinajstić information content (AvgIpc) is 2.35. The molecule has 0 aromatic heterocycles. The molecule has 0 atom stereocenters.